The largest absolute Gasteiger partial charge is 0 e. The SMILES string of the molecule is C[PH+]1[C](C(C)(C)C)[CH][C](C(C)(C)C)[CH][C]1C(C)(C)C.[C-]#[O+].[C-]#[O+].[C-]#[O+].[Cr]. The Balaban J connectivity index is -0.000000312. The van der Waals surface area contributed by atoms with Gasteiger partial charge in [-0.25, -0.2) is 0 Å². The maximum absolute atomic E-state index is 7.50. The van der Waals surface area contributed by atoms with E-state index in [1.807, 2.05) is 0 Å². The van der Waals surface area contributed by atoms with Crippen molar-refractivity contribution in [3.05, 3.63) is 50.0 Å². The van der Waals surface area contributed by atoms with Crippen LogP contribution in [0.3, 0.4) is 0 Å². The molecule has 1 aliphatic heterocycles. The van der Waals surface area contributed by atoms with Gasteiger partial charge >= 0.3 is 33.9 Å². The molecule has 3 nitrogen and oxygen atoms in total. The van der Waals surface area contributed by atoms with E-state index in [1.165, 1.54) is 5.92 Å². The van der Waals surface area contributed by atoms with E-state index in [1.54, 1.807) is 11.3 Å². The Morgan fingerprint density at radius 3 is 1.00 bits per heavy atom. The van der Waals surface area contributed by atoms with Crippen molar-refractivity contribution in [1.29, 1.82) is 0 Å². The van der Waals surface area contributed by atoms with Gasteiger partial charge in [-0.05, 0) is 11.3 Å². The molecule has 1 saturated heterocycles. The van der Waals surface area contributed by atoms with Gasteiger partial charge < -0.3 is 0 Å². The monoisotopic (exact) mass is 416 g/mol. The zero-order chi connectivity index (χ0) is 21.2. The molecule has 0 spiro atoms. The summed E-state index contributed by atoms with van der Waals surface area (Å²) in [5.74, 6) is 1.50. The van der Waals surface area contributed by atoms with Crippen LogP contribution in [0.5, 0.6) is 0 Å². The van der Waals surface area contributed by atoms with Gasteiger partial charge in [0, 0.05) is 55.6 Å². The summed E-state index contributed by atoms with van der Waals surface area (Å²) in [6.07, 6.45) is 5.01. The van der Waals surface area contributed by atoms with Gasteiger partial charge in [0.1, 0.15) is 11.3 Å². The van der Waals surface area contributed by atoms with Gasteiger partial charge in [0.2, 0.25) is 0 Å². The summed E-state index contributed by atoms with van der Waals surface area (Å²) in [5, 5.41) is 0. The van der Waals surface area contributed by atoms with Crippen molar-refractivity contribution >= 4 is 7.92 Å². The van der Waals surface area contributed by atoms with Crippen LogP contribution in [-0.4, -0.2) is 6.66 Å². The topological polar surface area (TPSA) is 59.7 Å². The van der Waals surface area contributed by atoms with E-state index in [4.69, 9.17) is 14.0 Å². The van der Waals surface area contributed by atoms with Crippen molar-refractivity contribution in [2.45, 2.75) is 62.3 Å². The fourth-order valence-electron chi connectivity index (χ4n) is 2.71. The maximum Gasteiger partial charge on any atom is 0 e. The molecule has 0 aromatic heterocycles. The molecule has 0 N–H and O–H groups in total. The molecule has 26 heavy (non-hydrogen) atoms. The minimum atomic E-state index is -0.575. The number of hydrogen-bond donors (Lipinski definition) is 0. The molecule has 0 bridgehead atoms. The molecule has 1 aliphatic rings. The minimum Gasteiger partial charge on any atom is 0 e. The molecule has 5 radical (unpaired) electrons. The summed E-state index contributed by atoms with van der Waals surface area (Å²) in [7, 11) is -0.575. The van der Waals surface area contributed by atoms with Crippen molar-refractivity contribution in [1.82, 2.24) is 0 Å². The second-order valence-electron chi connectivity index (χ2n) is 8.95. The van der Waals surface area contributed by atoms with Crippen LogP contribution in [0.2, 0.25) is 0 Å². The molecule has 1 heterocycles. The molecule has 145 valence electrons. The average molecular weight is 416 g/mol. The molecule has 0 aromatic carbocycles. The Morgan fingerprint density at radius 1 is 0.615 bits per heavy atom. The molecule has 0 unspecified atom stereocenters. The van der Waals surface area contributed by atoms with Gasteiger partial charge in [-0.3, -0.25) is 0 Å². The van der Waals surface area contributed by atoms with Gasteiger partial charge in [-0.2, -0.15) is 0 Å². The van der Waals surface area contributed by atoms with Gasteiger partial charge in [0.15, 0.2) is 0 Å². The van der Waals surface area contributed by atoms with Crippen LogP contribution in [0.4, 0.5) is 0 Å². The van der Waals surface area contributed by atoms with Crippen LogP contribution in [0.1, 0.15) is 62.3 Å². The summed E-state index contributed by atoms with van der Waals surface area (Å²) in [6.45, 7) is 37.1. The van der Waals surface area contributed by atoms with Gasteiger partial charge in [0.25, 0.3) is 0 Å². The second kappa shape index (κ2) is 14.2. The summed E-state index contributed by atoms with van der Waals surface area (Å²) in [4.78, 5) is 0. The molecule has 1 fully saturated rings. The predicted octanol–water partition coefficient (Wildman–Crippen LogP) is 5.91. The molecular formula is C21H33CrO3P+. The first-order chi connectivity index (χ1) is 11.2. The fraction of sp³-hybridized carbons (Fsp3) is 0.619. The number of hydrogen-bond acceptors (Lipinski definition) is 0. The first kappa shape index (κ1) is 33.7. The maximum atomic E-state index is 7.50. The fourth-order valence-corrected chi connectivity index (χ4v) is 5.99. The van der Waals surface area contributed by atoms with Crippen LogP contribution >= 0.6 is 7.92 Å². The quantitative estimate of drug-likeness (QED) is 0.268. The van der Waals surface area contributed by atoms with E-state index in [9.17, 15) is 0 Å². The van der Waals surface area contributed by atoms with Crippen LogP contribution in [0.25, 0.3) is 0 Å². The Hall–Kier alpha value is 0.182. The van der Waals surface area contributed by atoms with Gasteiger partial charge in [0.05, 0.1) is 0 Å². The third-order valence-electron chi connectivity index (χ3n) is 3.89. The Labute approximate surface area is 174 Å². The van der Waals surface area contributed by atoms with E-state index in [2.05, 4.69) is 102 Å². The van der Waals surface area contributed by atoms with E-state index in [0.717, 1.165) is 0 Å². The van der Waals surface area contributed by atoms with Crippen molar-refractivity contribution in [2.24, 2.45) is 16.2 Å². The summed E-state index contributed by atoms with van der Waals surface area (Å²) in [6, 6.07) is 0. The minimum absolute atomic E-state index is 0. The molecule has 0 aliphatic carbocycles. The third-order valence-corrected chi connectivity index (χ3v) is 7.29. The summed E-state index contributed by atoms with van der Waals surface area (Å²) in [5.41, 5.74) is 4.15. The molecule has 0 saturated carbocycles. The van der Waals surface area contributed by atoms with Gasteiger partial charge in [-0.1, -0.05) is 62.3 Å². The standard InChI is InChI=1S/C18H33P.3CO.Cr/c1-16(2,3)13-11-14(17(4,5)6)19(10)15(12-13)18(7,8)9;3*1-2;/h11-12,19H,1-10H3;;;;/q+1;;;;. The Morgan fingerprint density at radius 2 is 0.846 bits per heavy atom. The average Bonchev–Trinajstić information content (AvgIpc) is 2.50. The second-order valence-corrected chi connectivity index (χ2v) is 11.3. The molecule has 0 aromatic rings. The number of rotatable bonds is 0. The smallest absolute Gasteiger partial charge is 0 e. The molecule has 1 rings (SSSR count). The molecule has 0 atom stereocenters. The van der Waals surface area contributed by atoms with Gasteiger partial charge in [-0.15, -0.1) is 0 Å². The van der Waals surface area contributed by atoms with E-state index < -0.39 is 7.92 Å². The zero-order valence-corrected chi connectivity index (χ0v) is 20.1. The van der Waals surface area contributed by atoms with Crippen LogP contribution in [-0.2, 0) is 31.3 Å². The first-order valence-electron chi connectivity index (χ1n) is 8.02. The van der Waals surface area contributed by atoms with E-state index in [0.29, 0.717) is 0 Å². The molecule has 5 heteroatoms. The van der Waals surface area contributed by atoms with E-state index in [-0.39, 0.29) is 33.6 Å². The zero-order valence-electron chi connectivity index (χ0n) is 17.8. The van der Waals surface area contributed by atoms with Crippen molar-refractivity contribution in [3.63, 3.8) is 0 Å². The van der Waals surface area contributed by atoms with Crippen LogP contribution in [0.15, 0.2) is 0 Å². The Kier molecular flexibility index (Phi) is 18.5. The summed E-state index contributed by atoms with van der Waals surface area (Å²) >= 11 is 0. The normalized spacial score (nSPS) is 17.1. The molecule has 0 amide bonds. The predicted molar refractivity (Wildman–Crippen MR) is 103 cm³/mol. The van der Waals surface area contributed by atoms with Crippen LogP contribution < -0.4 is 0 Å². The third kappa shape index (κ3) is 11.1. The van der Waals surface area contributed by atoms with E-state index >= 15 is 0 Å². The van der Waals surface area contributed by atoms with Crippen LogP contribution in [0, 0.1) is 66.3 Å². The first-order valence-corrected chi connectivity index (χ1v) is 10.0. The summed E-state index contributed by atoms with van der Waals surface area (Å²) < 4.78 is 22.5. The van der Waals surface area contributed by atoms with Crippen molar-refractivity contribution in [3.8, 4) is 0 Å². The van der Waals surface area contributed by atoms with Crippen molar-refractivity contribution < 1.29 is 31.3 Å². The van der Waals surface area contributed by atoms with Crippen molar-refractivity contribution in [2.75, 3.05) is 6.66 Å². The molecular weight excluding hydrogens is 383 g/mol. The Bertz CT molecular complexity index is 383.